The number of rotatable bonds is 5. The van der Waals surface area contributed by atoms with E-state index in [0.29, 0.717) is 16.5 Å². The molecule has 24 heavy (non-hydrogen) atoms. The fourth-order valence-electron chi connectivity index (χ4n) is 2.16. The molecule has 0 aliphatic carbocycles. The maximum Gasteiger partial charge on any atom is 0.316 e. The number of thioether (sulfide) groups is 2. The van der Waals surface area contributed by atoms with Gasteiger partial charge in [-0.2, -0.15) is 5.26 Å². The van der Waals surface area contributed by atoms with Crippen molar-refractivity contribution in [2.75, 3.05) is 11.1 Å². The zero-order valence-electron chi connectivity index (χ0n) is 12.8. The molecule has 1 aliphatic heterocycles. The average molecular weight is 358 g/mol. The number of carbonyl (C=O) groups is 1. The Morgan fingerprint density at radius 3 is 2.83 bits per heavy atom. The zero-order valence-corrected chi connectivity index (χ0v) is 14.4. The van der Waals surface area contributed by atoms with Crippen molar-refractivity contribution < 1.29 is 9.90 Å². The molecular weight excluding hydrogens is 344 g/mol. The predicted molar refractivity (Wildman–Crippen MR) is 93.9 cm³/mol. The van der Waals surface area contributed by atoms with Crippen LogP contribution in [0.15, 0.2) is 34.3 Å². The number of nitrogens with one attached hydrogen (secondary N) is 1. The molecule has 3 rings (SSSR count). The number of hydrogen-bond acceptors (Lipinski definition) is 7. The van der Waals surface area contributed by atoms with Gasteiger partial charge in [-0.1, -0.05) is 11.8 Å². The molecule has 0 saturated carbocycles. The van der Waals surface area contributed by atoms with Crippen LogP contribution in [0.1, 0.15) is 18.2 Å². The molecule has 2 heterocycles. The van der Waals surface area contributed by atoms with Gasteiger partial charge in [-0.25, -0.2) is 9.97 Å². The summed E-state index contributed by atoms with van der Waals surface area (Å²) in [5.74, 6) is 0.738. The van der Waals surface area contributed by atoms with Crippen molar-refractivity contribution in [2.24, 2.45) is 0 Å². The topological polar surface area (TPSA) is 98.9 Å². The monoisotopic (exact) mass is 358 g/mol. The summed E-state index contributed by atoms with van der Waals surface area (Å²) in [7, 11) is 0. The minimum atomic E-state index is -0.889. The predicted octanol–water partition coefficient (Wildman–Crippen LogP) is 3.31. The number of anilines is 2. The SMILES string of the molecule is CC(Sc1nc2c(c(Nc3ccc(C#N)cc3)n1)SCC2)C(=O)O. The van der Waals surface area contributed by atoms with Crippen molar-refractivity contribution in [3.63, 3.8) is 0 Å². The lowest BCUT2D eigenvalue weighted by Gasteiger charge is -2.12. The second kappa shape index (κ2) is 7.11. The van der Waals surface area contributed by atoms with Gasteiger partial charge < -0.3 is 10.4 Å². The molecule has 122 valence electrons. The molecule has 1 aromatic heterocycles. The highest BCUT2D eigenvalue weighted by Crippen LogP contribution is 2.38. The first-order valence-electron chi connectivity index (χ1n) is 7.27. The van der Waals surface area contributed by atoms with E-state index in [1.165, 1.54) is 0 Å². The summed E-state index contributed by atoms with van der Waals surface area (Å²) >= 11 is 2.82. The van der Waals surface area contributed by atoms with Crippen molar-refractivity contribution in [1.29, 1.82) is 5.26 Å². The standard InChI is InChI=1S/C16H14N4O2S2/c1-9(15(21)22)24-16-19-12-6-7-23-13(12)14(20-16)18-11-4-2-10(8-17)3-5-11/h2-5,9H,6-7H2,1H3,(H,21,22)(H,18,19,20). The van der Waals surface area contributed by atoms with Gasteiger partial charge in [0.05, 0.1) is 22.2 Å². The molecule has 0 bridgehead atoms. The molecular formula is C16H14N4O2S2. The third kappa shape index (κ3) is 3.63. The Morgan fingerprint density at radius 1 is 1.42 bits per heavy atom. The molecule has 1 aliphatic rings. The van der Waals surface area contributed by atoms with E-state index >= 15 is 0 Å². The normalized spacial score (nSPS) is 13.8. The molecule has 2 aromatic rings. The summed E-state index contributed by atoms with van der Waals surface area (Å²) in [6, 6.07) is 9.19. The lowest BCUT2D eigenvalue weighted by molar-refractivity contribution is -0.136. The largest absolute Gasteiger partial charge is 0.480 e. The van der Waals surface area contributed by atoms with E-state index in [2.05, 4.69) is 21.4 Å². The Balaban J connectivity index is 1.89. The van der Waals surface area contributed by atoms with Crippen LogP contribution in [0.25, 0.3) is 0 Å². The summed E-state index contributed by atoms with van der Waals surface area (Å²) in [6.45, 7) is 1.62. The first-order valence-corrected chi connectivity index (χ1v) is 9.13. The quantitative estimate of drug-likeness (QED) is 0.620. The number of aromatic nitrogens is 2. The van der Waals surface area contributed by atoms with Crippen LogP contribution in [0.2, 0.25) is 0 Å². The molecule has 0 saturated heterocycles. The van der Waals surface area contributed by atoms with Crippen LogP contribution in [-0.2, 0) is 11.2 Å². The number of carboxylic acid groups (broad SMARTS) is 1. The smallest absolute Gasteiger partial charge is 0.316 e. The zero-order chi connectivity index (χ0) is 17.1. The third-order valence-electron chi connectivity index (χ3n) is 3.41. The van der Waals surface area contributed by atoms with E-state index < -0.39 is 11.2 Å². The molecule has 6 nitrogen and oxygen atoms in total. The second-order valence-electron chi connectivity index (χ2n) is 5.14. The maximum atomic E-state index is 11.1. The van der Waals surface area contributed by atoms with Gasteiger partial charge in [0.2, 0.25) is 0 Å². The van der Waals surface area contributed by atoms with E-state index in [9.17, 15) is 4.79 Å². The van der Waals surface area contributed by atoms with Gasteiger partial charge in [0, 0.05) is 17.9 Å². The number of nitriles is 1. The molecule has 2 N–H and O–H groups in total. The summed E-state index contributed by atoms with van der Waals surface area (Å²) in [4.78, 5) is 21.0. The number of fused-ring (bicyclic) bond motifs is 1. The molecule has 8 heteroatoms. The highest BCUT2D eigenvalue weighted by atomic mass is 32.2. The van der Waals surface area contributed by atoms with Gasteiger partial charge in [-0.3, -0.25) is 4.79 Å². The van der Waals surface area contributed by atoms with E-state index in [0.717, 1.165) is 40.2 Å². The van der Waals surface area contributed by atoms with Crippen LogP contribution >= 0.6 is 23.5 Å². The molecule has 1 atom stereocenters. The van der Waals surface area contributed by atoms with Crippen LogP contribution < -0.4 is 5.32 Å². The molecule has 0 radical (unpaired) electrons. The van der Waals surface area contributed by atoms with Gasteiger partial charge in [-0.05, 0) is 31.2 Å². The maximum absolute atomic E-state index is 11.1. The average Bonchev–Trinajstić information content (AvgIpc) is 3.04. The fraction of sp³-hybridized carbons (Fsp3) is 0.250. The second-order valence-corrected chi connectivity index (χ2v) is 7.55. The lowest BCUT2D eigenvalue weighted by atomic mass is 10.2. The van der Waals surface area contributed by atoms with Crippen molar-refractivity contribution in [3.05, 3.63) is 35.5 Å². The summed E-state index contributed by atoms with van der Waals surface area (Å²) < 4.78 is 0. The Bertz CT molecular complexity index is 818. The first kappa shape index (κ1) is 16.6. The number of aliphatic carboxylic acids is 1. The van der Waals surface area contributed by atoms with Crippen LogP contribution in [0, 0.1) is 11.3 Å². The number of benzene rings is 1. The van der Waals surface area contributed by atoms with Crippen LogP contribution in [0.4, 0.5) is 11.5 Å². The highest BCUT2D eigenvalue weighted by molar-refractivity contribution is 8.00. The minimum Gasteiger partial charge on any atom is -0.480 e. The first-order chi connectivity index (χ1) is 11.6. The summed E-state index contributed by atoms with van der Waals surface area (Å²) in [6.07, 6.45) is 0.847. The Kier molecular flexibility index (Phi) is 4.92. The van der Waals surface area contributed by atoms with Crippen molar-refractivity contribution >= 4 is 41.0 Å². The highest BCUT2D eigenvalue weighted by Gasteiger charge is 2.22. The van der Waals surface area contributed by atoms with Crippen molar-refractivity contribution in [2.45, 2.75) is 28.6 Å². The number of carboxylic acids is 1. The van der Waals surface area contributed by atoms with Gasteiger partial charge >= 0.3 is 5.97 Å². The Morgan fingerprint density at radius 2 is 2.17 bits per heavy atom. The number of nitrogens with zero attached hydrogens (tertiary/aromatic N) is 3. The van der Waals surface area contributed by atoms with Crippen LogP contribution in [-0.4, -0.2) is 32.0 Å². The Labute approximate surface area is 147 Å². The van der Waals surface area contributed by atoms with Crippen molar-refractivity contribution in [1.82, 2.24) is 9.97 Å². The fourth-order valence-corrected chi connectivity index (χ4v) is 3.93. The van der Waals surface area contributed by atoms with E-state index in [-0.39, 0.29) is 0 Å². The van der Waals surface area contributed by atoms with E-state index in [1.807, 2.05) is 12.1 Å². The summed E-state index contributed by atoms with van der Waals surface area (Å²) in [5, 5.41) is 21.0. The third-order valence-corrected chi connectivity index (χ3v) is 5.48. The molecule has 0 amide bonds. The number of aryl methyl sites for hydroxylation is 1. The Hall–Kier alpha value is -2.24. The van der Waals surface area contributed by atoms with Gasteiger partial charge in [0.1, 0.15) is 11.1 Å². The van der Waals surface area contributed by atoms with E-state index in [4.69, 9.17) is 10.4 Å². The number of hydrogen-bond donors (Lipinski definition) is 2. The molecule has 1 unspecified atom stereocenters. The molecule has 0 spiro atoms. The molecule has 1 aromatic carbocycles. The van der Waals surface area contributed by atoms with Crippen molar-refractivity contribution in [3.8, 4) is 6.07 Å². The van der Waals surface area contributed by atoms with Crippen LogP contribution in [0.5, 0.6) is 0 Å². The van der Waals surface area contributed by atoms with Gasteiger partial charge in [-0.15, -0.1) is 11.8 Å². The minimum absolute atomic E-state index is 0.460. The van der Waals surface area contributed by atoms with Gasteiger partial charge in [0.25, 0.3) is 0 Å². The van der Waals surface area contributed by atoms with Gasteiger partial charge in [0.15, 0.2) is 5.16 Å². The lowest BCUT2D eigenvalue weighted by Crippen LogP contribution is -2.12. The van der Waals surface area contributed by atoms with Crippen LogP contribution in [0.3, 0.4) is 0 Å². The molecule has 0 fully saturated rings. The van der Waals surface area contributed by atoms with E-state index in [1.54, 1.807) is 30.8 Å². The summed E-state index contributed by atoms with van der Waals surface area (Å²) in [5.41, 5.74) is 2.37.